The van der Waals surface area contributed by atoms with Gasteiger partial charge in [0.05, 0.1) is 0 Å². The summed E-state index contributed by atoms with van der Waals surface area (Å²) in [6, 6.07) is 11.4. The van der Waals surface area contributed by atoms with E-state index in [9.17, 15) is 74.6 Å². The Morgan fingerprint density at radius 1 is 0.453 bits per heavy atom. The molecule has 2 aromatic rings. The molecule has 0 saturated heterocycles. The van der Waals surface area contributed by atoms with E-state index >= 15 is 0 Å². The van der Waals surface area contributed by atoms with Crippen molar-refractivity contribution in [2.45, 2.75) is 137 Å². The van der Waals surface area contributed by atoms with Crippen molar-refractivity contribution >= 4 is 31.9 Å². The van der Waals surface area contributed by atoms with Crippen molar-refractivity contribution in [3.8, 4) is 11.1 Å². The van der Waals surface area contributed by atoms with E-state index in [1.165, 1.54) is 0 Å². The van der Waals surface area contributed by atoms with Gasteiger partial charge in [0.1, 0.15) is 0 Å². The molecule has 0 bridgehead atoms. The standard InChI is InChI=1S/C34H33Br2F17/c1-2-3-4-5-8-15-26(24-18-20(35)11-13-22(24)23-14-12-21(36)19-25(23)26)16-9-6-7-10-17-27(37,38)28(39,40)29(41,42)30(43,44)31(45,46)32(47,48)33(49,50)34(51,52)53/h11-14,18-19H,2-10,15-17H2,1H3. The normalized spacial score (nSPS) is 15.8. The minimum absolute atomic E-state index is 0.0186. The van der Waals surface area contributed by atoms with Crippen LogP contribution in [-0.4, -0.2) is 47.6 Å². The van der Waals surface area contributed by atoms with Crippen molar-refractivity contribution in [1.29, 1.82) is 0 Å². The molecule has 0 spiro atoms. The molecule has 0 N–H and O–H groups in total. The molecule has 53 heavy (non-hydrogen) atoms. The molecule has 3 rings (SSSR count). The highest BCUT2D eigenvalue weighted by atomic mass is 79.9. The zero-order valence-electron chi connectivity index (χ0n) is 27.6. The SMILES string of the molecule is CCCCCCCC1(CCCCCCC(F)(F)C(F)(F)C(F)(F)C(F)(F)C(F)(F)C(F)(F)C(F)(F)C(F)(F)F)c2cc(Br)ccc2-c2ccc(Br)cc21. The molecular weight excluding hydrogens is 891 g/mol. The van der Waals surface area contributed by atoms with Gasteiger partial charge >= 0.3 is 47.6 Å². The fourth-order valence-corrected chi connectivity index (χ4v) is 7.34. The van der Waals surface area contributed by atoms with Crippen LogP contribution in [0.25, 0.3) is 11.1 Å². The zero-order chi connectivity index (χ0) is 40.7. The third kappa shape index (κ3) is 7.81. The van der Waals surface area contributed by atoms with E-state index in [2.05, 4.69) is 31.9 Å². The molecule has 0 atom stereocenters. The predicted octanol–water partition coefficient (Wildman–Crippen LogP) is 15.2. The molecule has 19 heteroatoms. The summed E-state index contributed by atoms with van der Waals surface area (Å²) in [4.78, 5) is 0. The van der Waals surface area contributed by atoms with Crippen molar-refractivity contribution in [2.75, 3.05) is 0 Å². The molecule has 0 amide bonds. The minimum atomic E-state index is -8.61. The highest BCUT2D eigenvalue weighted by molar-refractivity contribution is 9.10. The van der Waals surface area contributed by atoms with Gasteiger partial charge in [0, 0.05) is 20.8 Å². The molecule has 0 saturated carbocycles. The number of benzene rings is 2. The average Bonchev–Trinajstić information content (AvgIpc) is 3.29. The highest BCUT2D eigenvalue weighted by Gasteiger charge is 2.95. The summed E-state index contributed by atoms with van der Waals surface area (Å²) in [5.41, 5.74) is 3.19. The fourth-order valence-electron chi connectivity index (χ4n) is 6.61. The molecule has 0 unspecified atom stereocenters. The maximum atomic E-state index is 14.5. The molecule has 0 aliphatic heterocycles. The molecule has 0 aromatic heterocycles. The van der Waals surface area contributed by atoms with Crippen LogP contribution in [0.1, 0.15) is 95.1 Å². The lowest BCUT2D eigenvalue weighted by Gasteiger charge is -2.42. The predicted molar refractivity (Wildman–Crippen MR) is 170 cm³/mol. The Hall–Kier alpha value is -1.79. The molecule has 0 heterocycles. The van der Waals surface area contributed by atoms with Crippen molar-refractivity contribution in [3.63, 3.8) is 0 Å². The molecule has 0 nitrogen and oxygen atoms in total. The average molecular weight is 924 g/mol. The summed E-state index contributed by atoms with van der Waals surface area (Å²) in [6.07, 6.45) is -5.81. The van der Waals surface area contributed by atoms with Crippen molar-refractivity contribution in [2.24, 2.45) is 0 Å². The largest absolute Gasteiger partial charge is 0.460 e. The van der Waals surface area contributed by atoms with Crippen molar-refractivity contribution in [3.05, 3.63) is 56.5 Å². The van der Waals surface area contributed by atoms with Gasteiger partial charge < -0.3 is 0 Å². The van der Waals surface area contributed by atoms with E-state index < -0.39 is 72.3 Å². The first-order chi connectivity index (χ1) is 24.0. The van der Waals surface area contributed by atoms with Gasteiger partial charge in [-0.1, -0.05) is 102 Å². The quantitative estimate of drug-likeness (QED) is 0.0973. The topological polar surface area (TPSA) is 0 Å². The molecule has 302 valence electrons. The lowest BCUT2D eigenvalue weighted by molar-refractivity contribution is -0.461. The number of hydrogen-bond acceptors (Lipinski definition) is 0. The second-order valence-electron chi connectivity index (χ2n) is 13.2. The number of hydrogen-bond donors (Lipinski definition) is 0. The first kappa shape index (κ1) is 45.6. The van der Waals surface area contributed by atoms with Crippen molar-refractivity contribution in [1.82, 2.24) is 0 Å². The summed E-state index contributed by atoms with van der Waals surface area (Å²) in [5, 5.41) is 0. The monoisotopic (exact) mass is 922 g/mol. The zero-order valence-corrected chi connectivity index (χ0v) is 30.8. The number of unbranched alkanes of at least 4 members (excludes halogenated alkanes) is 7. The van der Waals surface area contributed by atoms with Crippen LogP contribution in [0, 0.1) is 0 Å². The summed E-state index contributed by atoms with van der Waals surface area (Å²) in [7, 11) is 0. The van der Waals surface area contributed by atoms with Crippen LogP contribution in [0.15, 0.2) is 45.3 Å². The van der Waals surface area contributed by atoms with Crippen LogP contribution in [0.5, 0.6) is 0 Å². The van der Waals surface area contributed by atoms with Crippen LogP contribution in [0.3, 0.4) is 0 Å². The molecular formula is C34H33Br2F17. The number of alkyl halides is 17. The number of halogens is 19. The maximum Gasteiger partial charge on any atom is 0.460 e. The third-order valence-electron chi connectivity index (χ3n) is 9.62. The van der Waals surface area contributed by atoms with E-state index in [1.807, 2.05) is 43.3 Å². The summed E-state index contributed by atoms with van der Waals surface area (Å²) in [6.45, 7) is 2.05. The second kappa shape index (κ2) is 15.6. The van der Waals surface area contributed by atoms with E-state index in [0.717, 1.165) is 63.3 Å². The lowest BCUT2D eigenvalue weighted by atomic mass is 9.70. The highest BCUT2D eigenvalue weighted by Crippen LogP contribution is 2.64. The van der Waals surface area contributed by atoms with E-state index in [0.29, 0.717) is 12.8 Å². The van der Waals surface area contributed by atoms with Crippen molar-refractivity contribution < 1.29 is 74.6 Å². The lowest BCUT2D eigenvalue weighted by Crippen LogP contribution is -2.74. The van der Waals surface area contributed by atoms with Gasteiger partial charge in [-0.25, -0.2) is 0 Å². The van der Waals surface area contributed by atoms with Gasteiger partial charge in [-0.2, -0.15) is 74.6 Å². The van der Waals surface area contributed by atoms with Gasteiger partial charge in [0.2, 0.25) is 0 Å². The number of fused-ring (bicyclic) bond motifs is 3. The van der Waals surface area contributed by atoms with Gasteiger partial charge in [0.25, 0.3) is 0 Å². The van der Waals surface area contributed by atoms with Crippen LogP contribution in [0.2, 0.25) is 0 Å². The number of rotatable bonds is 19. The fraction of sp³-hybridized carbons (Fsp3) is 0.647. The Kier molecular flexibility index (Phi) is 13.4. The molecule has 2 aromatic carbocycles. The summed E-state index contributed by atoms with van der Waals surface area (Å²) < 4.78 is 233. The molecule has 1 aliphatic carbocycles. The van der Waals surface area contributed by atoms with Crippen LogP contribution < -0.4 is 0 Å². The van der Waals surface area contributed by atoms with Crippen LogP contribution in [0.4, 0.5) is 74.6 Å². The minimum Gasteiger partial charge on any atom is -0.200 e. The van der Waals surface area contributed by atoms with Gasteiger partial charge in [-0.3, -0.25) is 0 Å². The molecule has 0 fully saturated rings. The summed E-state index contributed by atoms with van der Waals surface area (Å²) >= 11 is 6.96. The molecule has 0 radical (unpaired) electrons. The Morgan fingerprint density at radius 3 is 1.21 bits per heavy atom. The Balaban J connectivity index is 1.78. The maximum absolute atomic E-state index is 14.5. The first-order valence-electron chi connectivity index (χ1n) is 16.3. The van der Waals surface area contributed by atoms with Crippen LogP contribution >= 0.6 is 31.9 Å². The Labute approximate surface area is 310 Å². The Morgan fingerprint density at radius 2 is 0.811 bits per heavy atom. The van der Waals surface area contributed by atoms with Gasteiger partial charge in [-0.15, -0.1) is 0 Å². The van der Waals surface area contributed by atoms with Gasteiger partial charge in [0.15, 0.2) is 0 Å². The van der Waals surface area contributed by atoms with Gasteiger partial charge in [-0.05, 0) is 65.8 Å². The van der Waals surface area contributed by atoms with E-state index in [-0.39, 0.29) is 12.8 Å². The van der Waals surface area contributed by atoms with E-state index in [4.69, 9.17) is 0 Å². The molecule has 1 aliphatic rings. The first-order valence-corrected chi connectivity index (χ1v) is 17.9. The third-order valence-corrected chi connectivity index (χ3v) is 10.6. The second-order valence-corrected chi connectivity index (χ2v) is 15.0. The summed E-state index contributed by atoms with van der Waals surface area (Å²) in [5.74, 6) is -56.1. The smallest absolute Gasteiger partial charge is 0.200 e. The van der Waals surface area contributed by atoms with E-state index in [1.54, 1.807) is 0 Å². The Bertz CT molecular complexity index is 1520. The van der Waals surface area contributed by atoms with Crippen LogP contribution in [-0.2, 0) is 5.41 Å².